The summed E-state index contributed by atoms with van der Waals surface area (Å²) in [7, 11) is 1.72. The topological polar surface area (TPSA) is 78.2 Å². The molecule has 2 fully saturated rings. The minimum absolute atomic E-state index is 0.107. The second-order valence-corrected chi connectivity index (χ2v) is 7.98. The Bertz CT molecular complexity index is 700. The van der Waals surface area contributed by atoms with Gasteiger partial charge in [-0.1, -0.05) is 18.1 Å². The SMILES string of the molecule is COc1ccc2c(c1)CC[C@@H]1[C@@H]2CC[C@@]2(C)[C@H](O)[C@H](N=[N+]=[N-])C[C@@H]12. The van der Waals surface area contributed by atoms with E-state index in [1.54, 1.807) is 7.11 Å². The molecule has 24 heavy (non-hydrogen) atoms. The molecule has 5 heteroatoms. The molecule has 0 spiro atoms. The zero-order valence-corrected chi connectivity index (χ0v) is 14.4. The van der Waals surface area contributed by atoms with Gasteiger partial charge >= 0.3 is 0 Å². The van der Waals surface area contributed by atoms with Crippen LogP contribution in [0.25, 0.3) is 10.4 Å². The Morgan fingerprint density at radius 2 is 2.21 bits per heavy atom. The Morgan fingerprint density at radius 1 is 1.38 bits per heavy atom. The first-order valence-electron chi connectivity index (χ1n) is 8.97. The van der Waals surface area contributed by atoms with Gasteiger partial charge in [0.1, 0.15) is 5.75 Å². The number of hydrogen-bond donors (Lipinski definition) is 1. The van der Waals surface area contributed by atoms with E-state index in [9.17, 15) is 5.11 Å². The van der Waals surface area contributed by atoms with Crippen LogP contribution in [0.3, 0.4) is 0 Å². The van der Waals surface area contributed by atoms with E-state index in [1.165, 1.54) is 11.1 Å². The summed E-state index contributed by atoms with van der Waals surface area (Å²) in [5.74, 6) is 2.53. The van der Waals surface area contributed by atoms with Crippen molar-refractivity contribution in [3.63, 3.8) is 0 Å². The second kappa shape index (κ2) is 5.68. The molecule has 0 amide bonds. The molecule has 5 nitrogen and oxygen atoms in total. The monoisotopic (exact) mass is 327 g/mol. The number of nitrogens with zero attached hydrogens (tertiary/aromatic N) is 3. The third-order valence-electron chi connectivity index (χ3n) is 7.11. The zero-order chi connectivity index (χ0) is 16.9. The second-order valence-electron chi connectivity index (χ2n) is 7.98. The largest absolute Gasteiger partial charge is 0.497 e. The lowest BCUT2D eigenvalue weighted by Gasteiger charge is -2.50. The van der Waals surface area contributed by atoms with E-state index < -0.39 is 6.10 Å². The Labute approximate surface area is 142 Å². The van der Waals surface area contributed by atoms with Crippen LogP contribution in [0.2, 0.25) is 0 Å². The van der Waals surface area contributed by atoms with E-state index in [4.69, 9.17) is 10.3 Å². The Morgan fingerprint density at radius 3 is 2.96 bits per heavy atom. The van der Waals surface area contributed by atoms with E-state index in [0.717, 1.165) is 37.9 Å². The van der Waals surface area contributed by atoms with Crippen LogP contribution in [0, 0.1) is 17.3 Å². The van der Waals surface area contributed by atoms with Crippen molar-refractivity contribution < 1.29 is 9.84 Å². The summed E-state index contributed by atoms with van der Waals surface area (Å²) in [5, 5.41) is 14.6. The standard InChI is InChI=1S/C19H25N3O2/c1-19-8-7-14-13-6-4-12(24-2)9-11(13)3-5-15(14)16(19)10-17(18(19)23)21-22-20/h4,6,9,14-18,23H,3,5,7-8,10H2,1-2H3/t14-,15-,16+,17-,18-,19-/m1/s1. The van der Waals surface area contributed by atoms with Crippen molar-refractivity contribution in [3.05, 3.63) is 39.8 Å². The fourth-order valence-electron chi connectivity index (χ4n) is 5.85. The van der Waals surface area contributed by atoms with E-state index in [0.29, 0.717) is 17.8 Å². The van der Waals surface area contributed by atoms with Gasteiger partial charge in [0.2, 0.25) is 0 Å². The summed E-state index contributed by atoms with van der Waals surface area (Å²) in [5.41, 5.74) is 11.6. The molecule has 0 unspecified atom stereocenters. The first-order valence-corrected chi connectivity index (χ1v) is 8.97. The van der Waals surface area contributed by atoms with Gasteiger partial charge in [-0.2, -0.15) is 0 Å². The van der Waals surface area contributed by atoms with Crippen molar-refractivity contribution in [1.29, 1.82) is 0 Å². The highest BCUT2D eigenvalue weighted by atomic mass is 16.5. The molecular weight excluding hydrogens is 302 g/mol. The van der Waals surface area contributed by atoms with E-state index in [-0.39, 0.29) is 11.5 Å². The lowest BCUT2D eigenvalue weighted by atomic mass is 9.55. The Balaban J connectivity index is 1.67. The van der Waals surface area contributed by atoms with Gasteiger partial charge in [0.15, 0.2) is 0 Å². The number of ether oxygens (including phenoxy) is 1. The molecule has 0 aromatic heterocycles. The minimum atomic E-state index is -0.503. The lowest BCUT2D eigenvalue weighted by Crippen LogP contribution is -2.44. The molecule has 0 radical (unpaired) electrons. The van der Waals surface area contributed by atoms with Crippen molar-refractivity contribution in [2.24, 2.45) is 22.4 Å². The predicted octanol–water partition coefficient (Wildman–Crippen LogP) is 4.20. The van der Waals surface area contributed by atoms with Crippen molar-refractivity contribution in [2.75, 3.05) is 7.11 Å². The number of rotatable bonds is 2. The first kappa shape index (κ1) is 15.8. The van der Waals surface area contributed by atoms with Crippen molar-refractivity contribution in [2.45, 2.75) is 57.1 Å². The highest BCUT2D eigenvalue weighted by molar-refractivity contribution is 5.40. The third kappa shape index (κ3) is 2.15. The highest BCUT2D eigenvalue weighted by Gasteiger charge is 2.57. The molecule has 128 valence electrons. The smallest absolute Gasteiger partial charge is 0.119 e. The summed E-state index contributed by atoms with van der Waals surface area (Å²) >= 11 is 0. The van der Waals surface area contributed by atoms with Crippen LogP contribution >= 0.6 is 0 Å². The average Bonchev–Trinajstić information content (AvgIpc) is 2.86. The minimum Gasteiger partial charge on any atom is -0.497 e. The van der Waals surface area contributed by atoms with Gasteiger partial charge in [0.05, 0.1) is 19.3 Å². The highest BCUT2D eigenvalue weighted by Crippen LogP contribution is 2.61. The van der Waals surface area contributed by atoms with Crippen molar-refractivity contribution >= 4 is 0 Å². The third-order valence-corrected chi connectivity index (χ3v) is 7.11. The molecule has 1 aromatic rings. The molecule has 0 heterocycles. The number of aryl methyl sites for hydroxylation is 1. The van der Waals surface area contributed by atoms with Gasteiger partial charge in [-0.25, -0.2) is 0 Å². The summed E-state index contributed by atoms with van der Waals surface area (Å²) in [6.07, 6.45) is 4.66. The first-order chi connectivity index (χ1) is 11.6. The van der Waals surface area contributed by atoms with Gasteiger partial charge in [0, 0.05) is 4.91 Å². The zero-order valence-electron chi connectivity index (χ0n) is 14.4. The van der Waals surface area contributed by atoms with E-state index in [1.807, 2.05) is 0 Å². The fraction of sp³-hybridized carbons (Fsp3) is 0.684. The quantitative estimate of drug-likeness (QED) is 0.502. The number of aliphatic hydroxyl groups excluding tert-OH is 1. The Kier molecular flexibility index (Phi) is 3.74. The lowest BCUT2D eigenvalue weighted by molar-refractivity contribution is -0.0255. The number of aliphatic hydroxyl groups is 1. The predicted molar refractivity (Wildman–Crippen MR) is 91.9 cm³/mol. The number of fused-ring (bicyclic) bond motifs is 5. The van der Waals surface area contributed by atoms with E-state index in [2.05, 4.69) is 35.1 Å². The molecule has 6 atom stereocenters. The maximum atomic E-state index is 10.7. The molecule has 0 bridgehead atoms. The Hall–Kier alpha value is -1.71. The van der Waals surface area contributed by atoms with E-state index >= 15 is 0 Å². The van der Waals surface area contributed by atoms with Gasteiger partial charge in [-0.05, 0) is 84.1 Å². The van der Waals surface area contributed by atoms with Gasteiger partial charge < -0.3 is 9.84 Å². The summed E-state index contributed by atoms with van der Waals surface area (Å²) in [4.78, 5) is 2.97. The van der Waals surface area contributed by atoms with Crippen molar-refractivity contribution in [1.82, 2.24) is 0 Å². The van der Waals surface area contributed by atoms with Crippen LogP contribution < -0.4 is 4.74 Å². The van der Waals surface area contributed by atoms with Crippen LogP contribution in [0.5, 0.6) is 5.75 Å². The molecule has 0 aliphatic heterocycles. The number of methoxy groups -OCH3 is 1. The summed E-state index contributed by atoms with van der Waals surface area (Å²) in [6.45, 7) is 2.20. The van der Waals surface area contributed by atoms with Crippen LogP contribution in [-0.4, -0.2) is 24.4 Å². The number of azide groups is 1. The molecule has 2 saturated carbocycles. The normalized spacial score (nSPS) is 40.0. The summed E-state index contributed by atoms with van der Waals surface area (Å²) < 4.78 is 5.38. The van der Waals surface area contributed by atoms with Crippen LogP contribution in [-0.2, 0) is 6.42 Å². The molecule has 3 aliphatic rings. The van der Waals surface area contributed by atoms with Gasteiger partial charge in [-0.15, -0.1) is 0 Å². The van der Waals surface area contributed by atoms with Crippen LogP contribution in [0.1, 0.15) is 49.7 Å². The molecular formula is C19H25N3O2. The fourth-order valence-corrected chi connectivity index (χ4v) is 5.85. The molecule has 1 N–H and O–H groups in total. The van der Waals surface area contributed by atoms with Crippen molar-refractivity contribution in [3.8, 4) is 5.75 Å². The average molecular weight is 327 g/mol. The summed E-state index contributed by atoms with van der Waals surface area (Å²) in [6, 6.07) is 6.23. The van der Waals surface area contributed by atoms with Crippen LogP contribution in [0.4, 0.5) is 0 Å². The molecule has 4 rings (SSSR count). The number of benzene rings is 1. The molecule has 3 aliphatic carbocycles. The maximum Gasteiger partial charge on any atom is 0.119 e. The number of hydrogen-bond acceptors (Lipinski definition) is 3. The molecule has 1 aromatic carbocycles. The molecule has 0 saturated heterocycles. The van der Waals surface area contributed by atoms with Gasteiger partial charge in [0.25, 0.3) is 0 Å². The van der Waals surface area contributed by atoms with Crippen LogP contribution in [0.15, 0.2) is 23.3 Å². The van der Waals surface area contributed by atoms with Gasteiger partial charge in [-0.3, -0.25) is 0 Å². The maximum absolute atomic E-state index is 10.7.